The molecule has 0 N–H and O–H groups in total. The summed E-state index contributed by atoms with van der Waals surface area (Å²) < 4.78 is 4.77. The van der Waals surface area contributed by atoms with Gasteiger partial charge < -0.3 is 4.57 Å². The molecule has 4 heterocycles. The van der Waals surface area contributed by atoms with Crippen molar-refractivity contribution in [2.75, 3.05) is 0 Å². The van der Waals surface area contributed by atoms with E-state index >= 15 is 0 Å². The zero-order valence-electron chi connectivity index (χ0n) is 32.3. The molecule has 4 nitrogen and oxygen atoms in total. The molecule has 0 aliphatic rings. The van der Waals surface area contributed by atoms with Gasteiger partial charge in [0.05, 0.1) is 38.3 Å². The number of nitrogens with zero attached hydrogens (tertiary/aromatic N) is 4. The summed E-state index contributed by atoms with van der Waals surface area (Å²) in [6.07, 6.45) is 0. The van der Waals surface area contributed by atoms with E-state index < -0.39 is 0 Å². The van der Waals surface area contributed by atoms with Gasteiger partial charge in [-0.3, -0.25) is 0 Å². The lowest BCUT2D eigenvalue weighted by atomic mass is 9.98. The first-order valence-corrected chi connectivity index (χ1v) is 21.0. The second kappa shape index (κ2) is 14.0. The molecule has 0 aliphatic heterocycles. The number of para-hydroxylation sites is 2. The number of hydrogen-bond donors (Lipinski definition) is 0. The van der Waals surface area contributed by atoms with Crippen molar-refractivity contribution in [3.63, 3.8) is 0 Å². The zero-order valence-corrected chi connectivity index (χ0v) is 33.1. The Morgan fingerprint density at radius 1 is 0.367 bits per heavy atom. The second-order valence-electron chi connectivity index (χ2n) is 15.2. The Kier molecular flexibility index (Phi) is 8.00. The van der Waals surface area contributed by atoms with E-state index in [-0.39, 0.29) is 0 Å². The van der Waals surface area contributed by atoms with Crippen LogP contribution in [0, 0.1) is 0 Å². The molecule has 12 rings (SSSR count). The van der Waals surface area contributed by atoms with Gasteiger partial charge in [-0.25, -0.2) is 15.0 Å². The molecule has 5 heteroatoms. The highest BCUT2D eigenvalue weighted by molar-refractivity contribution is 7.26. The van der Waals surface area contributed by atoms with E-state index in [1.807, 2.05) is 6.07 Å². The summed E-state index contributed by atoms with van der Waals surface area (Å²) in [5.41, 5.74) is 13.5. The van der Waals surface area contributed by atoms with E-state index in [0.717, 1.165) is 55.9 Å². The SMILES string of the molecule is c1ccc(-c2ccc3nc(-c4cccc(-c5nc(-c6ccccc6)cc(-c6cccc(-n7c8ccccc8c8ccccc87)c6)n5)c4)c4sc5ccccc5c4c3c2)cc1. The Bertz CT molecular complexity index is 3550. The predicted octanol–water partition coefficient (Wildman–Crippen LogP) is 14.8. The normalized spacial score (nSPS) is 11.7. The summed E-state index contributed by atoms with van der Waals surface area (Å²) in [5.74, 6) is 0.663. The standard InChI is InChI=1S/C55H34N4S/c1-3-15-35(16-4-1)37-29-30-46-45(33-37)52-44-25-9-12-28-51(44)60-54(52)53(56-46)39-20-13-21-40(31-39)55-57-47(36-17-5-2-6-18-36)34-48(58-55)38-19-14-22-41(32-38)59-49-26-10-7-23-42(49)43-24-8-11-27-50(43)59/h1-34H. The Morgan fingerprint density at radius 2 is 0.967 bits per heavy atom. The quantitative estimate of drug-likeness (QED) is 0.169. The van der Waals surface area contributed by atoms with Gasteiger partial charge in [0, 0.05) is 59.6 Å². The monoisotopic (exact) mass is 782 g/mol. The van der Waals surface area contributed by atoms with Gasteiger partial charge in [-0.1, -0.05) is 152 Å². The van der Waals surface area contributed by atoms with E-state index in [2.05, 4.69) is 205 Å². The average molecular weight is 783 g/mol. The maximum atomic E-state index is 5.41. The molecular formula is C55H34N4S. The summed E-state index contributed by atoms with van der Waals surface area (Å²) in [7, 11) is 0. The number of fused-ring (bicyclic) bond motifs is 8. The number of thiophene rings is 1. The minimum Gasteiger partial charge on any atom is -0.309 e. The molecule has 0 fully saturated rings. The number of pyridine rings is 1. The molecule has 0 atom stereocenters. The number of rotatable bonds is 6. The fraction of sp³-hybridized carbons (Fsp3) is 0. The molecule has 60 heavy (non-hydrogen) atoms. The molecular weight excluding hydrogens is 749 g/mol. The molecule has 0 unspecified atom stereocenters. The summed E-state index contributed by atoms with van der Waals surface area (Å²) in [4.78, 5) is 16.0. The third-order valence-corrected chi connectivity index (χ3v) is 12.8. The largest absolute Gasteiger partial charge is 0.309 e. The van der Waals surface area contributed by atoms with E-state index in [0.29, 0.717) is 5.82 Å². The average Bonchev–Trinajstić information content (AvgIpc) is 3.88. The molecule has 8 aromatic carbocycles. The van der Waals surface area contributed by atoms with Crippen LogP contribution >= 0.6 is 11.3 Å². The van der Waals surface area contributed by atoms with Gasteiger partial charge in [0.2, 0.25) is 0 Å². The zero-order chi connectivity index (χ0) is 39.6. The molecule has 4 aromatic heterocycles. The molecule has 280 valence electrons. The third kappa shape index (κ3) is 5.70. The van der Waals surface area contributed by atoms with E-state index in [9.17, 15) is 0 Å². The number of benzene rings is 8. The van der Waals surface area contributed by atoms with E-state index in [4.69, 9.17) is 15.0 Å². The van der Waals surface area contributed by atoms with Gasteiger partial charge in [0.15, 0.2) is 5.82 Å². The van der Waals surface area contributed by atoms with Crippen LogP contribution in [0.5, 0.6) is 0 Å². The summed E-state index contributed by atoms with van der Waals surface area (Å²) in [5, 5.41) is 6.13. The van der Waals surface area contributed by atoms with Gasteiger partial charge in [-0.2, -0.15) is 0 Å². The van der Waals surface area contributed by atoms with Crippen molar-refractivity contribution in [2.45, 2.75) is 0 Å². The molecule has 0 radical (unpaired) electrons. The summed E-state index contributed by atoms with van der Waals surface area (Å²) >= 11 is 1.81. The van der Waals surface area contributed by atoms with E-state index in [1.165, 1.54) is 53.1 Å². The minimum absolute atomic E-state index is 0.663. The fourth-order valence-corrected chi connectivity index (χ4v) is 10.0. The molecule has 0 bridgehead atoms. The van der Waals surface area contributed by atoms with Gasteiger partial charge in [0.25, 0.3) is 0 Å². The molecule has 0 saturated heterocycles. The van der Waals surface area contributed by atoms with Gasteiger partial charge in [-0.15, -0.1) is 11.3 Å². The van der Waals surface area contributed by atoms with Crippen LogP contribution in [0.1, 0.15) is 0 Å². The minimum atomic E-state index is 0.663. The van der Waals surface area contributed by atoms with Crippen LogP contribution in [0.3, 0.4) is 0 Å². The van der Waals surface area contributed by atoms with Crippen LogP contribution in [-0.2, 0) is 0 Å². The lowest BCUT2D eigenvalue weighted by molar-refractivity contribution is 1.16. The van der Waals surface area contributed by atoms with Crippen LogP contribution in [0.4, 0.5) is 0 Å². The van der Waals surface area contributed by atoms with Crippen LogP contribution in [-0.4, -0.2) is 19.5 Å². The summed E-state index contributed by atoms with van der Waals surface area (Å²) in [6.45, 7) is 0. The lowest BCUT2D eigenvalue weighted by Crippen LogP contribution is -1.98. The molecule has 12 aromatic rings. The van der Waals surface area contributed by atoms with Crippen molar-refractivity contribution in [2.24, 2.45) is 0 Å². The van der Waals surface area contributed by atoms with Crippen molar-refractivity contribution in [3.05, 3.63) is 206 Å². The number of hydrogen-bond acceptors (Lipinski definition) is 4. The Labute approximate surface area is 350 Å². The molecule has 0 amide bonds. The highest BCUT2D eigenvalue weighted by atomic mass is 32.1. The predicted molar refractivity (Wildman–Crippen MR) is 252 cm³/mol. The fourth-order valence-electron chi connectivity index (χ4n) is 8.78. The van der Waals surface area contributed by atoms with Gasteiger partial charge >= 0.3 is 0 Å². The molecule has 0 aliphatic carbocycles. The molecule has 0 spiro atoms. The topological polar surface area (TPSA) is 43.6 Å². The van der Waals surface area contributed by atoms with Crippen molar-refractivity contribution >= 4 is 64.2 Å². The maximum absolute atomic E-state index is 5.41. The maximum Gasteiger partial charge on any atom is 0.160 e. The Morgan fingerprint density at radius 3 is 1.73 bits per heavy atom. The Hall–Kier alpha value is -7.73. The highest BCUT2D eigenvalue weighted by Gasteiger charge is 2.19. The van der Waals surface area contributed by atoms with Crippen molar-refractivity contribution in [1.29, 1.82) is 0 Å². The molecule has 0 saturated carbocycles. The highest BCUT2D eigenvalue weighted by Crippen LogP contribution is 2.44. The van der Waals surface area contributed by atoms with Crippen molar-refractivity contribution in [3.8, 4) is 62.0 Å². The van der Waals surface area contributed by atoms with Crippen LogP contribution in [0.15, 0.2) is 206 Å². The van der Waals surface area contributed by atoms with E-state index in [1.54, 1.807) is 11.3 Å². The third-order valence-electron chi connectivity index (χ3n) is 11.6. The first-order chi connectivity index (χ1) is 29.7. The second-order valence-corrected chi connectivity index (χ2v) is 16.2. The smallest absolute Gasteiger partial charge is 0.160 e. The Balaban J connectivity index is 1.02. The van der Waals surface area contributed by atoms with Gasteiger partial charge in [-0.05, 0) is 65.7 Å². The van der Waals surface area contributed by atoms with Crippen LogP contribution < -0.4 is 0 Å². The summed E-state index contributed by atoms with van der Waals surface area (Å²) in [6, 6.07) is 73.0. The number of aromatic nitrogens is 4. The first kappa shape index (κ1) is 34.3. The van der Waals surface area contributed by atoms with Crippen LogP contribution in [0.25, 0.3) is 115 Å². The van der Waals surface area contributed by atoms with Gasteiger partial charge in [0.1, 0.15) is 0 Å². The lowest BCUT2D eigenvalue weighted by Gasteiger charge is -2.13. The van der Waals surface area contributed by atoms with Crippen molar-refractivity contribution in [1.82, 2.24) is 19.5 Å². The van der Waals surface area contributed by atoms with Crippen molar-refractivity contribution < 1.29 is 0 Å². The van der Waals surface area contributed by atoms with Crippen LogP contribution in [0.2, 0.25) is 0 Å². The first-order valence-electron chi connectivity index (χ1n) is 20.2.